The maximum absolute atomic E-state index is 4.74. The first-order valence-electron chi connectivity index (χ1n) is 4.43. The zero-order valence-electron chi connectivity index (χ0n) is 7.52. The van der Waals surface area contributed by atoms with E-state index in [0.29, 0.717) is 5.54 Å². The molecule has 2 atom stereocenters. The van der Waals surface area contributed by atoms with Crippen molar-refractivity contribution in [2.45, 2.75) is 39.2 Å². The normalized spacial score (nSPS) is 40.8. The van der Waals surface area contributed by atoms with Crippen LogP contribution in [0.15, 0.2) is 16.6 Å². The molecule has 2 aliphatic rings. The van der Waals surface area contributed by atoms with Crippen LogP contribution in [-0.2, 0) is 0 Å². The van der Waals surface area contributed by atoms with Crippen molar-refractivity contribution in [1.82, 2.24) is 0 Å². The molecular formula is C10H15N. The Morgan fingerprint density at radius 1 is 1.64 bits per heavy atom. The van der Waals surface area contributed by atoms with Gasteiger partial charge in [-0.05, 0) is 32.3 Å². The van der Waals surface area contributed by atoms with E-state index in [9.17, 15) is 0 Å². The van der Waals surface area contributed by atoms with Crippen molar-refractivity contribution in [1.29, 1.82) is 0 Å². The van der Waals surface area contributed by atoms with Gasteiger partial charge in [-0.1, -0.05) is 13.0 Å². The van der Waals surface area contributed by atoms with E-state index in [4.69, 9.17) is 4.99 Å². The van der Waals surface area contributed by atoms with Gasteiger partial charge in [0.25, 0.3) is 0 Å². The number of allylic oxidation sites excluding steroid dienone is 1. The summed E-state index contributed by atoms with van der Waals surface area (Å²) < 4.78 is 0. The SMILES string of the molecule is CCC12CC1C=C(C)C(C)=N2. The molecule has 1 aliphatic carbocycles. The van der Waals surface area contributed by atoms with Crippen LogP contribution in [0.2, 0.25) is 0 Å². The summed E-state index contributed by atoms with van der Waals surface area (Å²) in [7, 11) is 0. The van der Waals surface area contributed by atoms with Gasteiger partial charge in [0.15, 0.2) is 0 Å². The highest BCUT2D eigenvalue weighted by atomic mass is 15.0. The third-order valence-electron chi connectivity index (χ3n) is 3.13. The topological polar surface area (TPSA) is 12.4 Å². The van der Waals surface area contributed by atoms with Crippen molar-refractivity contribution in [3.63, 3.8) is 0 Å². The first-order chi connectivity index (χ1) is 5.18. The van der Waals surface area contributed by atoms with E-state index in [-0.39, 0.29) is 0 Å². The van der Waals surface area contributed by atoms with Gasteiger partial charge in [-0.15, -0.1) is 0 Å². The van der Waals surface area contributed by atoms with Gasteiger partial charge in [0, 0.05) is 11.6 Å². The fourth-order valence-corrected chi connectivity index (χ4v) is 1.99. The van der Waals surface area contributed by atoms with Gasteiger partial charge in [0.1, 0.15) is 0 Å². The van der Waals surface area contributed by atoms with E-state index in [0.717, 1.165) is 5.92 Å². The monoisotopic (exact) mass is 149 g/mol. The summed E-state index contributed by atoms with van der Waals surface area (Å²) in [4.78, 5) is 4.74. The number of hydrogen-bond acceptors (Lipinski definition) is 1. The highest BCUT2D eigenvalue weighted by Crippen LogP contribution is 2.53. The molecule has 1 nitrogen and oxygen atoms in total. The lowest BCUT2D eigenvalue weighted by molar-refractivity contribution is 0.613. The predicted molar refractivity (Wildman–Crippen MR) is 48.0 cm³/mol. The van der Waals surface area contributed by atoms with E-state index < -0.39 is 0 Å². The molecule has 1 aliphatic heterocycles. The van der Waals surface area contributed by atoms with Gasteiger partial charge in [0.2, 0.25) is 0 Å². The molecule has 60 valence electrons. The standard InChI is InChI=1S/C10H15N/c1-4-10-6-9(10)5-7(2)8(3)11-10/h5,9H,4,6H2,1-3H3. The predicted octanol–water partition coefficient (Wildman–Crippen LogP) is 2.58. The Balaban J connectivity index is 2.30. The molecule has 0 N–H and O–H groups in total. The Bertz CT molecular complexity index is 250. The summed E-state index contributed by atoms with van der Waals surface area (Å²) in [5.41, 5.74) is 2.99. The van der Waals surface area contributed by atoms with E-state index in [1.165, 1.54) is 24.1 Å². The maximum atomic E-state index is 4.74. The molecule has 0 aromatic carbocycles. The molecule has 1 heterocycles. The van der Waals surface area contributed by atoms with Crippen LogP contribution in [0, 0.1) is 5.92 Å². The van der Waals surface area contributed by atoms with E-state index in [1.807, 2.05) is 0 Å². The smallest absolute Gasteiger partial charge is 0.0678 e. The molecule has 0 spiro atoms. The summed E-state index contributed by atoms with van der Waals surface area (Å²) in [6, 6.07) is 0. The number of fused-ring (bicyclic) bond motifs is 1. The minimum atomic E-state index is 0.351. The fourth-order valence-electron chi connectivity index (χ4n) is 1.99. The second-order valence-electron chi connectivity index (χ2n) is 3.81. The van der Waals surface area contributed by atoms with Crippen LogP contribution in [0.3, 0.4) is 0 Å². The molecule has 2 unspecified atom stereocenters. The summed E-state index contributed by atoms with van der Waals surface area (Å²) >= 11 is 0. The van der Waals surface area contributed by atoms with Crippen LogP contribution in [0.1, 0.15) is 33.6 Å². The Labute approximate surface area is 68.2 Å². The molecule has 2 rings (SSSR count). The zero-order chi connectivity index (χ0) is 8.06. The van der Waals surface area contributed by atoms with Crippen LogP contribution in [-0.4, -0.2) is 11.3 Å². The minimum absolute atomic E-state index is 0.351. The molecule has 1 heteroatoms. The first-order valence-corrected chi connectivity index (χ1v) is 4.43. The van der Waals surface area contributed by atoms with Gasteiger partial charge in [0.05, 0.1) is 5.54 Å². The van der Waals surface area contributed by atoms with Gasteiger partial charge >= 0.3 is 0 Å². The van der Waals surface area contributed by atoms with Gasteiger partial charge in [-0.25, -0.2) is 0 Å². The molecule has 0 amide bonds. The Morgan fingerprint density at radius 2 is 2.36 bits per heavy atom. The molecule has 0 aromatic rings. The number of hydrogen-bond donors (Lipinski definition) is 0. The summed E-state index contributed by atoms with van der Waals surface area (Å²) in [5, 5.41) is 0. The van der Waals surface area contributed by atoms with Crippen molar-refractivity contribution in [2.75, 3.05) is 0 Å². The highest BCUT2D eigenvalue weighted by Gasteiger charge is 2.52. The van der Waals surface area contributed by atoms with Crippen LogP contribution in [0.4, 0.5) is 0 Å². The van der Waals surface area contributed by atoms with Crippen LogP contribution < -0.4 is 0 Å². The second kappa shape index (κ2) is 1.96. The van der Waals surface area contributed by atoms with Crippen LogP contribution in [0.25, 0.3) is 0 Å². The zero-order valence-corrected chi connectivity index (χ0v) is 7.52. The molecule has 0 radical (unpaired) electrons. The molecular weight excluding hydrogens is 134 g/mol. The Kier molecular flexibility index (Phi) is 1.26. The number of rotatable bonds is 1. The van der Waals surface area contributed by atoms with E-state index in [1.54, 1.807) is 0 Å². The first kappa shape index (κ1) is 7.08. The fraction of sp³-hybridized carbons (Fsp3) is 0.700. The molecule has 11 heavy (non-hydrogen) atoms. The van der Waals surface area contributed by atoms with Crippen molar-refractivity contribution in [3.05, 3.63) is 11.6 Å². The third kappa shape index (κ3) is 0.867. The van der Waals surface area contributed by atoms with Gasteiger partial charge in [-0.3, -0.25) is 4.99 Å². The molecule has 0 aromatic heterocycles. The average molecular weight is 149 g/mol. The van der Waals surface area contributed by atoms with Crippen molar-refractivity contribution >= 4 is 5.71 Å². The molecule has 0 bridgehead atoms. The number of dihydropyridines is 1. The van der Waals surface area contributed by atoms with Gasteiger partial charge in [-0.2, -0.15) is 0 Å². The maximum Gasteiger partial charge on any atom is 0.0678 e. The lowest BCUT2D eigenvalue weighted by atomic mass is 10.0. The van der Waals surface area contributed by atoms with Crippen molar-refractivity contribution in [3.8, 4) is 0 Å². The largest absolute Gasteiger partial charge is 0.283 e. The summed E-state index contributed by atoms with van der Waals surface area (Å²) in [6.45, 7) is 6.53. The average Bonchev–Trinajstić information content (AvgIpc) is 2.64. The lowest BCUT2D eigenvalue weighted by Crippen LogP contribution is -2.14. The number of nitrogens with zero attached hydrogens (tertiary/aromatic N) is 1. The summed E-state index contributed by atoms with van der Waals surface area (Å²) in [5.74, 6) is 0.774. The van der Waals surface area contributed by atoms with Crippen LogP contribution in [0.5, 0.6) is 0 Å². The Hall–Kier alpha value is -0.590. The van der Waals surface area contributed by atoms with Crippen LogP contribution >= 0.6 is 0 Å². The van der Waals surface area contributed by atoms with Crippen molar-refractivity contribution in [2.24, 2.45) is 10.9 Å². The van der Waals surface area contributed by atoms with E-state index >= 15 is 0 Å². The van der Waals surface area contributed by atoms with E-state index in [2.05, 4.69) is 26.8 Å². The quantitative estimate of drug-likeness (QED) is 0.543. The minimum Gasteiger partial charge on any atom is -0.283 e. The molecule has 1 fully saturated rings. The Morgan fingerprint density at radius 3 is 3.00 bits per heavy atom. The molecule has 0 saturated heterocycles. The lowest BCUT2D eigenvalue weighted by Gasteiger charge is -2.15. The third-order valence-corrected chi connectivity index (χ3v) is 3.13. The summed E-state index contributed by atoms with van der Waals surface area (Å²) in [6.07, 6.45) is 4.89. The van der Waals surface area contributed by atoms with Crippen molar-refractivity contribution < 1.29 is 0 Å². The number of aliphatic imine (C=N–C) groups is 1. The highest BCUT2D eigenvalue weighted by molar-refractivity contribution is 5.99. The second-order valence-corrected chi connectivity index (χ2v) is 3.81. The molecule has 1 saturated carbocycles. The van der Waals surface area contributed by atoms with Gasteiger partial charge < -0.3 is 0 Å².